The van der Waals surface area contributed by atoms with Crippen molar-refractivity contribution in [1.29, 1.82) is 0 Å². The molecule has 0 spiro atoms. The van der Waals surface area contributed by atoms with Gasteiger partial charge in [0.05, 0.1) is 13.2 Å². The number of carbonyl (C=O) groups excluding carboxylic acids is 1. The van der Waals surface area contributed by atoms with Gasteiger partial charge >= 0.3 is 0 Å². The average Bonchev–Trinajstić information content (AvgIpc) is 3.25. The van der Waals surface area contributed by atoms with Crippen molar-refractivity contribution < 1.29 is 13.9 Å². The number of amides is 1. The molecule has 0 atom stereocenters. The van der Waals surface area contributed by atoms with E-state index in [1.54, 1.807) is 12.1 Å². The van der Waals surface area contributed by atoms with Crippen LogP contribution in [-0.2, 0) is 4.79 Å². The summed E-state index contributed by atoms with van der Waals surface area (Å²) in [6, 6.07) is 5.91. The van der Waals surface area contributed by atoms with E-state index in [1.165, 1.54) is 25.0 Å². The van der Waals surface area contributed by atoms with E-state index in [0.29, 0.717) is 25.4 Å². The maximum atomic E-state index is 12.7. The molecule has 20 heavy (non-hydrogen) atoms. The lowest BCUT2D eigenvalue weighted by atomic mass is 10.3. The van der Waals surface area contributed by atoms with Gasteiger partial charge in [-0.3, -0.25) is 4.79 Å². The van der Waals surface area contributed by atoms with Gasteiger partial charge in [-0.05, 0) is 56.0 Å². The third kappa shape index (κ3) is 6.02. The molecule has 1 aliphatic rings. The number of rotatable bonds is 9. The summed E-state index contributed by atoms with van der Waals surface area (Å²) in [6.45, 7) is 2.42. The van der Waals surface area contributed by atoms with Gasteiger partial charge in [0.2, 0.25) is 5.91 Å². The molecule has 5 heteroatoms. The van der Waals surface area contributed by atoms with Crippen molar-refractivity contribution in [3.05, 3.63) is 30.1 Å². The van der Waals surface area contributed by atoms with Crippen LogP contribution in [0.3, 0.4) is 0 Å². The van der Waals surface area contributed by atoms with Crippen LogP contribution in [-0.4, -0.2) is 32.1 Å². The van der Waals surface area contributed by atoms with E-state index in [4.69, 9.17) is 4.74 Å². The van der Waals surface area contributed by atoms with Crippen LogP contribution in [0.15, 0.2) is 24.3 Å². The van der Waals surface area contributed by atoms with Crippen molar-refractivity contribution in [3.63, 3.8) is 0 Å². The lowest BCUT2D eigenvalue weighted by Gasteiger charge is -2.08. The molecular formula is C15H21FN2O2. The number of benzene rings is 1. The van der Waals surface area contributed by atoms with Crippen LogP contribution in [0.5, 0.6) is 5.75 Å². The molecular weight excluding hydrogens is 259 g/mol. The Hall–Kier alpha value is -1.62. The van der Waals surface area contributed by atoms with Gasteiger partial charge in [0.1, 0.15) is 11.6 Å². The van der Waals surface area contributed by atoms with Crippen LogP contribution >= 0.6 is 0 Å². The molecule has 0 aromatic heterocycles. The summed E-state index contributed by atoms with van der Waals surface area (Å²) in [7, 11) is 0. The molecule has 1 aromatic rings. The molecule has 1 aliphatic carbocycles. The van der Waals surface area contributed by atoms with Crippen LogP contribution in [0.2, 0.25) is 0 Å². The molecule has 1 saturated carbocycles. The fourth-order valence-corrected chi connectivity index (χ4v) is 1.80. The normalized spacial score (nSPS) is 14.1. The van der Waals surface area contributed by atoms with E-state index >= 15 is 0 Å². The van der Waals surface area contributed by atoms with E-state index < -0.39 is 0 Å². The quantitative estimate of drug-likeness (QED) is 0.677. The Bertz CT molecular complexity index is 418. The van der Waals surface area contributed by atoms with Gasteiger partial charge in [-0.15, -0.1) is 0 Å². The molecule has 2 N–H and O–H groups in total. The van der Waals surface area contributed by atoms with Crippen LogP contribution in [0.25, 0.3) is 0 Å². The minimum absolute atomic E-state index is 0.0208. The highest BCUT2D eigenvalue weighted by Gasteiger charge is 2.20. The molecule has 0 aliphatic heterocycles. The van der Waals surface area contributed by atoms with Crippen molar-refractivity contribution >= 4 is 5.91 Å². The Morgan fingerprint density at radius 1 is 1.30 bits per heavy atom. The lowest BCUT2D eigenvalue weighted by molar-refractivity contribution is -0.120. The summed E-state index contributed by atoms with van der Waals surface area (Å²) in [5.74, 6) is 1.17. The maximum Gasteiger partial charge on any atom is 0.233 e. The molecule has 1 amide bonds. The van der Waals surface area contributed by atoms with E-state index in [2.05, 4.69) is 10.6 Å². The zero-order valence-electron chi connectivity index (χ0n) is 11.5. The third-order valence-corrected chi connectivity index (χ3v) is 3.14. The van der Waals surface area contributed by atoms with E-state index in [9.17, 15) is 9.18 Å². The molecule has 4 nitrogen and oxygen atoms in total. The Morgan fingerprint density at radius 3 is 2.75 bits per heavy atom. The molecule has 0 unspecified atom stereocenters. The highest BCUT2D eigenvalue weighted by atomic mass is 19.1. The first kappa shape index (κ1) is 14.8. The molecule has 1 fully saturated rings. The van der Waals surface area contributed by atoms with Gasteiger partial charge in [-0.25, -0.2) is 4.39 Å². The van der Waals surface area contributed by atoms with Crippen LogP contribution in [0.1, 0.15) is 19.3 Å². The van der Waals surface area contributed by atoms with Gasteiger partial charge in [0, 0.05) is 6.54 Å². The Balaban J connectivity index is 1.46. The van der Waals surface area contributed by atoms with Crippen molar-refractivity contribution in [2.75, 3.05) is 26.2 Å². The zero-order chi connectivity index (χ0) is 14.2. The predicted molar refractivity (Wildman–Crippen MR) is 75.1 cm³/mol. The lowest BCUT2D eigenvalue weighted by Crippen LogP contribution is -2.35. The first-order valence-corrected chi connectivity index (χ1v) is 7.10. The predicted octanol–water partition coefficient (Wildman–Crippen LogP) is 1.71. The van der Waals surface area contributed by atoms with Gasteiger partial charge in [-0.2, -0.15) is 0 Å². The van der Waals surface area contributed by atoms with Crippen molar-refractivity contribution in [2.24, 2.45) is 5.92 Å². The molecule has 110 valence electrons. The smallest absolute Gasteiger partial charge is 0.233 e. The third-order valence-electron chi connectivity index (χ3n) is 3.14. The highest BCUT2D eigenvalue weighted by Crippen LogP contribution is 2.27. The second-order valence-corrected chi connectivity index (χ2v) is 5.08. The summed E-state index contributed by atoms with van der Waals surface area (Å²) < 4.78 is 18.1. The molecule has 1 aromatic carbocycles. The van der Waals surface area contributed by atoms with Crippen LogP contribution in [0, 0.1) is 11.7 Å². The Labute approximate surface area is 118 Å². The number of hydrogen-bond acceptors (Lipinski definition) is 3. The minimum Gasteiger partial charge on any atom is -0.494 e. The summed E-state index contributed by atoms with van der Waals surface area (Å²) >= 11 is 0. The number of nitrogens with one attached hydrogen (secondary N) is 2. The summed E-state index contributed by atoms with van der Waals surface area (Å²) in [4.78, 5) is 11.5. The topological polar surface area (TPSA) is 50.4 Å². The molecule has 0 saturated heterocycles. The number of carbonyl (C=O) groups is 1. The maximum absolute atomic E-state index is 12.7. The largest absolute Gasteiger partial charge is 0.494 e. The highest BCUT2D eigenvalue weighted by molar-refractivity contribution is 5.77. The van der Waals surface area contributed by atoms with E-state index in [0.717, 1.165) is 18.9 Å². The average molecular weight is 280 g/mol. The summed E-state index contributed by atoms with van der Waals surface area (Å²) in [6.07, 6.45) is 3.30. The molecule has 2 rings (SSSR count). The first-order chi connectivity index (χ1) is 9.74. The van der Waals surface area contributed by atoms with E-state index in [1.807, 2.05) is 0 Å². The van der Waals surface area contributed by atoms with Crippen molar-refractivity contribution in [1.82, 2.24) is 10.6 Å². The fraction of sp³-hybridized carbons (Fsp3) is 0.533. The van der Waals surface area contributed by atoms with Gasteiger partial charge < -0.3 is 15.4 Å². The summed E-state index contributed by atoms with van der Waals surface area (Å²) in [5.41, 5.74) is 0. The monoisotopic (exact) mass is 280 g/mol. The van der Waals surface area contributed by atoms with E-state index in [-0.39, 0.29) is 11.7 Å². The van der Waals surface area contributed by atoms with Crippen LogP contribution in [0.4, 0.5) is 4.39 Å². The zero-order valence-corrected chi connectivity index (χ0v) is 11.5. The fourth-order valence-electron chi connectivity index (χ4n) is 1.80. The number of hydrogen-bond donors (Lipinski definition) is 2. The van der Waals surface area contributed by atoms with Gasteiger partial charge in [-0.1, -0.05) is 0 Å². The molecule has 0 heterocycles. The summed E-state index contributed by atoms with van der Waals surface area (Å²) in [5, 5.41) is 5.97. The van der Waals surface area contributed by atoms with Crippen molar-refractivity contribution in [2.45, 2.75) is 19.3 Å². The Morgan fingerprint density at radius 2 is 2.05 bits per heavy atom. The minimum atomic E-state index is -0.275. The SMILES string of the molecule is O=C(CNCC1CC1)NCCCOc1ccc(F)cc1. The Kier molecular flexibility index (Phi) is 5.80. The first-order valence-electron chi connectivity index (χ1n) is 7.10. The van der Waals surface area contributed by atoms with Gasteiger partial charge in [0.15, 0.2) is 0 Å². The molecule has 0 bridgehead atoms. The standard InChI is InChI=1S/C15H21FN2O2/c16-13-4-6-14(7-5-13)20-9-1-8-18-15(19)11-17-10-12-2-3-12/h4-7,12,17H,1-3,8-11H2,(H,18,19). The second kappa shape index (κ2) is 7.85. The van der Waals surface area contributed by atoms with Crippen molar-refractivity contribution in [3.8, 4) is 5.75 Å². The number of halogens is 1. The second-order valence-electron chi connectivity index (χ2n) is 5.08. The van der Waals surface area contributed by atoms with Gasteiger partial charge in [0.25, 0.3) is 0 Å². The number of ether oxygens (including phenoxy) is 1. The molecule has 0 radical (unpaired) electrons. The van der Waals surface area contributed by atoms with Crippen LogP contribution < -0.4 is 15.4 Å².